The van der Waals surface area contributed by atoms with E-state index in [1.165, 1.54) is 24.4 Å². The molecule has 1 aromatic heterocycles. The third-order valence-corrected chi connectivity index (χ3v) is 4.37. The standard InChI is InChI=1S/C21H22F3N3O3/c1-5-14-6-7-18(29-21(22,23)24)17(8-14)16-9-25-27(13-16)12-15-10-26(11-15)19(28)30-20(2,3)4/h1,6-9,13,15H,10-12H2,2-4H3. The summed E-state index contributed by atoms with van der Waals surface area (Å²) in [5, 5.41) is 4.23. The van der Waals surface area contributed by atoms with E-state index in [1.54, 1.807) is 36.5 Å². The van der Waals surface area contributed by atoms with E-state index in [0.717, 1.165) is 0 Å². The van der Waals surface area contributed by atoms with Crippen LogP contribution in [-0.2, 0) is 11.3 Å². The highest BCUT2D eigenvalue weighted by Crippen LogP contribution is 2.34. The smallest absolute Gasteiger partial charge is 0.444 e. The van der Waals surface area contributed by atoms with Crippen molar-refractivity contribution in [2.24, 2.45) is 5.92 Å². The maximum atomic E-state index is 12.7. The highest BCUT2D eigenvalue weighted by molar-refractivity contribution is 5.71. The number of carbonyl (C=O) groups excluding carboxylic acids is 1. The van der Waals surface area contributed by atoms with Gasteiger partial charge in [0.15, 0.2) is 0 Å². The number of ether oxygens (including phenoxy) is 2. The van der Waals surface area contributed by atoms with E-state index in [9.17, 15) is 18.0 Å². The molecule has 1 saturated heterocycles. The first-order chi connectivity index (χ1) is 13.9. The lowest BCUT2D eigenvalue weighted by molar-refractivity contribution is -0.274. The molecule has 0 bridgehead atoms. The zero-order valence-corrected chi connectivity index (χ0v) is 16.9. The molecule has 1 aromatic carbocycles. The van der Waals surface area contributed by atoms with Gasteiger partial charge in [-0.3, -0.25) is 4.68 Å². The summed E-state index contributed by atoms with van der Waals surface area (Å²) in [5.41, 5.74) is 0.536. The maximum Gasteiger partial charge on any atom is 0.573 e. The Hall–Kier alpha value is -3.15. The minimum Gasteiger partial charge on any atom is -0.444 e. The summed E-state index contributed by atoms with van der Waals surface area (Å²) >= 11 is 0. The summed E-state index contributed by atoms with van der Waals surface area (Å²) in [6, 6.07) is 4.03. The van der Waals surface area contributed by atoms with Gasteiger partial charge in [0.1, 0.15) is 11.4 Å². The summed E-state index contributed by atoms with van der Waals surface area (Å²) < 4.78 is 49.3. The number of aromatic nitrogens is 2. The first kappa shape index (κ1) is 21.6. The van der Waals surface area contributed by atoms with Crippen molar-refractivity contribution in [1.82, 2.24) is 14.7 Å². The largest absolute Gasteiger partial charge is 0.573 e. The third kappa shape index (κ3) is 5.47. The minimum atomic E-state index is -4.82. The molecule has 2 heterocycles. The number of alkyl halides is 3. The van der Waals surface area contributed by atoms with Crippen LogP contribution in [0, 0.1) is 18.3 Å². The SMILES string of the molecule is C#Cc1ccc(OC(F)(F)F)c(-c2cnn(CC3CN(C(=O)OC(C)(C)C)C3)c2)c1. The van der Waals surface area contributed by atoms with Gasteiger partial charge in [-0.25, -0.2) is 4.79 Å². The molecule has 1 fully saturated rings. The molecule has 0 aliphatic carbocycles. The predicted octanol–water partition coefficient (Wildman–Crippen LogP) is 4.30. The number of hydrogen-bond acceptors (Lipinski definition) is 4. The van der Waals surface area contributed by atoms with Crippen LogP contribution >= 0.6 is 0 Å². The molecule has 0 radical (unpaired) electrons. The second kappa shape index (κ2) is 7.94. The molecule has 30 heavy (non-hydrogen) atoms. The molecule has 1 aliphatic rings. The van der Waals surface area contributed by atoms with Gasteiger partial charge in [-0.1, -0.05) is 5.92 Å². The van der Waals surface area contributed by atoms with Crippen LogP contribution in [0.5, 0.6) is 5.75 Å². The number of amides is 1. The van der Waals surface area contributed by atoms with Gasteiger partial charge in [0.05, 0.1) is 6.20 Å². The Labute approximate surface area is 172 Å². The maximum absolute atomic E-state index is 12.7. The molecule has 3 rings (SSSR count). The number of terminal acetylenes is 1. The van der Waals surface area contributed by atoms with Crippen molar-refractivity contribution in [1.29, 1.82) is 0 Å². The lowest BCUT2D eigenvalue weighted by atomic mass is 10.0. The number of rotatable bonds is 4. The number of hydrogen-bond donors (Lipinski definition) is 0. The van der Waals surface area contributed by atoms with Crippen LogP contribution in [0.15, 0.2) is 30.6 Å². The lowest BCUT2D eigenvalue weighted by Crippen LogP contribution is -2.52. The summed E-state index contributed by atoms with van der Waals surface area (Å²) in [6.07, 6.45) is 3.28. The van der Waals surface area contributed by atoms with Crippen molar-refractivity contribution in [3.8, 4) is 29.2 Å². The first-order valence-corrected chi connectivity index (χ1v) is 9.31. The molecule has 0 saturated carbocycles. The van der Waals surface area contributed by atoms with Crippen molar-refractivity contribution in [2.75, 3.05) is 13.1 Å². The fourth-order valence-electron chi connectivity index (χ4n) is 3.09. The van der Waals surface area contributed by atoms with Crippen LogP contribution in [0.3, 0.4) is 0 Å². The van der Waals surface area contributed by atoms with Crippen molar-refractivity contribution in [3.63, 3.8) is 0 Å². The molecular formula is C21H22F3N3O3. The van der Waals surface area contributed by atoms with Gasteiger partial charge in [-0.2, -0.15) is 5.10 Å². The average molecular weight is 421 g/mol. The van der Waals surface area contributed by atoms with Crippen LogP contribution in [0.2, 0.25) is 0 Å². The van der Waals surface area contributed by atoms with Crippen LogP contribution < -0.4 is 4.74 Å². The molecule has 0 spiro atoms. The zero-order chi connectivity index (χ0) is 22.1. The lowest BCUT2D eigenvalue weighted by Gasteiger charge is -2.39. The van der Waals surface area contributed by atoms with Gasteiger partial charge in [0.25, 0.3) is 0 Å². The number of benzene rings is 1. The predicted molar refractivity (Wildman–Crippen MR) is 104 cm³/mol. The fourth-order valence-corrected chi connectivity index (χ4v) is 3.09. The van der Waals surface area contributed by atoms with Gasteiger partial charge >= 0.3 is 12.5 Å². The Morgan fingerprint density at radius 2 is 2.00 bits per heavy atom. The summed E-state index contributed by atoms with van der Waals surface area (Å²) in [7, 11) is 0. The highest BCUT2D eigenvalue weighted by atomic mass is 19.4. The van der Waals surface area contributed by atoms with Crippen molar-refractivity contribution < 1.29 is 27.4 Å². The summed E-state index contributed by atoms with van der Waals surface area (Å²) in [4.78, 5) is 13.6. The van der Waals surface area contributed by atoms with E-state index in [2.05, 4.69) is 15.8 Å². The van der Waals surface area contributed by atoms with E-state index in [4.69, 9.17) is 11.2 Å². The average Bonchev–Trinajstić information content (AvgIpc) is 3.03. The second-order valence-corrected chi connectivity index (χ2v) is 8.11. The molecule has 6 nitrogen and oxygen atoms in total. The molecular weight excluding hydrogens is 399 g/mol. The van der Waals surface area contributed by atoms with Crippen LogP contribution in [-0.4, -0.2) is 45.8 Å². The van der Waals surface area contributed by atoms with Crippen molar-refractivity contribution >= 4 is 6.09 Å². The molecule has 1 aliphatic heterocycles. The Balaban J connectivity index is 1.68. The monoisotopic (exact) mass is 421 g/mol. The van der Waals surface area contributed by atoms with Crippen LogP contribution in [0.25, 0.3) is 11.1 Å². The molecule has 2 aromatic rings. The van der Waals surface area contributed by atoms with Gasteiger partial charge in [0.2, 0.25) is 0 Å². The Kier molecular flexibility index (Phi) is 5.70. The van der Waals surface area contributed by atoms with Crippen molar-refractivity contribution in [3.05, 3.63) is 36.2 Å². The quantitative estimate of drug-likeness (QED) is 0.691. The minimum absolute atomic E-state index is 0.174. The van der Waals surface area contributed by atoms with Gasteiger partial charge in [-0.05, 0) is 39.0 Å². The number of carbonyl (C=O) groups is 1. The van der Waals surface area contributed by atoms with Gasteiger partial charge in [-0.15, -0.1) is 19.6 Å². The van der Waals surface area contributed by atoms with E-state index in [1.807, 2.05) is 0 Å². The van der Waals surface area contributed by atoms with Crippen LogP contribution in [0.4, 0.5) is 18.0 Å². The molecule has 1 amide bonds. The van der Waals surface area contributed by atoms with E-state index < -0.39 is 12.0 Å². The summed E-state index contributed by atoms with van der Waals surface area (Å²) in [5.74, 6) is 2.23. The molecule has 0 unspecified atom stereocenters. The third-order valence-electron chi connectivity index (χ3n) is 4.37. The number of halogens is 3. The second-order valence-electron chi connectivity index (χ2n) is 8.11. The van der Waals surface area contributed by atoms with E-state index >= 15 is 0 Å². The van der Waals surface area contributed by atoms with Gasteiger partial charge in [0, 0.05) is 48.4 Å². The fraction of sp³-hybridized carbons (Fsp3) is 0.429. The Morgan fingerprint density at radius 3 is 2.60 bits per heavy atom. The zero-order valence-electron chi connectivity index (χ0n) is 16.9. The molecule has 160 valence electrons. The molecule has 9 heteroatoms. The topological polar surface area (TPSA) is 56.6 Å². The van der Waals surface area contributed by atoms with Gasteiger partial charge < -0.3 is 14.4 Å². The molecule has 0 atom stereocenters. The van der Waals surface area contributed by atoms with Crippen molar-refractivity contribution in [2.45, 2.75) is 39.3 Å². The van der Waals surface area contributed by atoms with E-state index in [-0.39, 0.29) is 23.3 Å². The first-order valence-electron chi connectivity index (χ1n) is 9.31. The number of nitrogens with zero attached hydrogens (tertiary/aromatic N) is 3. The number of likely N-dealkylation sites (tertiary alicyclic amines) is 1. The normalized spacial score (nSPS) is 14.8. The Morgan fingerprint density at radius 1 is 1.30 bits per heavy atom. The molecule has 0 N–H and O–H groups in total. The van der Waals surface area contributed by atoms with Crippen LogP contribution in [0.1, 0.15) is 26.3 Å². The summed E-state index contributed by atoms with van der Waals surface area (Å²) in [6.45, 7) is 6.99. The Bertz CT molecular complexity index is 964. The highest BCUT2D eigenvalue weighted by Gasteiger charge is 2.34. The van der Waals surface area contributed by atoms with E-state index in [0.29, 0.717) is 30.8 Å².